The average Bonchev–Trinajstić information content (AvgIpc) is 3.51. The van der Waals surface area contributed by atoms with Crippen LogP contribution < -0.4 is 10.7 Å². The second kappa shape index (κ2) is 10.3. The Morgan fingerprint density at radius 2 is 0.810 bits per heavy atom. The summed E-state index contributed by atoms with van der Waals surface area (Å²) in [5.41, 5.74) is 0. The SMILES string of the molecule is N#CN=c1c2cc(S(=O)c3ccccc3)ccc2c2cc3c(cc12)c(=NC#N)c1cc(S(=O)c2ccccc2)ccc13. The van der Waals surface area contributed by atoms with E-state index in [1.165, 1.54) is 0 Å². The highest BCUT2D eigenvalue weighted by Gasteiger charge is 2.18. The molecule has 0 aliphatic rings. The van der Waals surface area contributed by atoms with Crippen molar-refractivity contribution in [2.45, 2.75) is 19.6 Å². The normalized spacial score (nSPS) is 14.0. The van der Waals surface area contributed by atoms with Crippen LogP contribution in [-0.2, 0) is 21.6 Å². The van der Waals surface area contributed by atoms with Crippen molar-refractivity contribution in [2.75, 3.05) is 0 Å². The van der Waals surface area contributed by atoms with Gasteiger partial charge in [0.1, 0.15) is 0 Å². The molecule has 42 heavy (non-hydrogen) atoms. The summed E-state index contributed by atoms with van der Waals surface area (Å²) in [4.78, 5) is 10.9. The van der Waals surface area contributed by atoms with E-state index in [1.54, 1.807) is 0 Å². The van der Waals surface area contributed by atoms with Crippen LogP contribution in [0, 0.1) is 22.9 Å². The Labute approximate surface area is 244 Å². The Balaban J connectivity index is 1.50. The molecule has 198 valence electrons. The molecular formula is C34H18N4O2S2. The fourth-order valence-electron chi connectivity index (χ4n) is 5.57. The number of hydrogen-bond acceptors (Lipinski definition) is 6. The van der Waals surface area contributed by atoms with Gasteiger partial charge in [-0.1, -0.05) is 48.5 Å². The molecule has 0 bridgehead atoms. The third-order valence-electron chi connectivity index (χ3n) is 7.41. The van der Waals surface area contributed by atoms with E-state index in [4.69, 9.17) is 0 Å². The van der Waals surface area contributed by atoms with E-state index in [9.17, 15) is 18.9 Å². The summed E-state index contributed by atoms with van der Waals surface area (Å²) < 4.78 is 26.6. The van der Waals surface area contributed by atoms with Gasteiger partial charge in [0.15, 0.2) is 0 Å². The second-order valence-electron chi connectivity index (χ2n) is 9.64. The van der Waals surface area contributed by atoms with Gasteiger partial charge in [-0.2, -0.15) is 20.5 Å². The molecule has 0 amide bonds. The fraction of sp³-hybridized carbons (Fsp3) is 0. The zero-order valence-electron chi connectivity index (χ0n) is 21.8. The van der Waals surface area contributed by atoms with Crippen LogP contribution in [0.25, 0.3) is 43.1 Å². The first-order valence-corrected chi connectivity index (χ1v) is 15.2. The smallest absolute Gasteiger partial charge is 0.206 e. The van der Waals surface area contributed by atoms with Crippen molar-refractivity contribution < 1.29 is 8.42 Å². The van der Waals surface area contributed by atoms with Gasteiger partial charge in [-0.15, -0.1) is 0 Å². The van der Waals surface area contributed by atoms with Crippen LogP contribution in [0.5, 0.6) is 0 Å². The minimum absolute atomic E-state index is 0.482. The van der Waals surface area contributed by atoms with Crippen molar-refractivity contribution in [3.8, 4) is 12.4 Å². The molecule has 8 heteroatoms. The standard InChI is InChI=1S/C34H18N4O2S2/c35-19-37-33-29-15-23(41(39)21-7-3-1-4-8-21)11-13-25(29)27-17-28-26-14-12-24(42(40)22-9-5-2-6-10-22)16-30(26)34(38-20-36)32(28)18-31(27)33/h1-18H. The lowest BCUT2D eigenvalue weighted by Gasteiger charge is -2.03. The van der Waals surface area contributed by atoms with Crippen molar-refractivity contribution in [2.24, 2.45) is 9.98 Å². The van der Waals surface area contributed by atoms with Gasteiger partial charge >= 0.3 is 0 Å². The first-order chi connectivity index (χ1) is 20.6. The molecule has 0 fully saturated rings. The van der Waals surface area contributed by atoms with Crippen molar-refractivity contribution in [3.63, 3.8) is 0 Å². The highest BCUT2D eigenvalue weighted by molar-refractivity contribution is 7.85. The lowest BCUT2D eigenvalue weighted by Crippen LogP contribution is -2.01. The number of rotatable bonds is 4. The fourth-order valence-corrected chi connectivity index (χ4v) is 7.75. The first-order valence-electron chi connectivity index (χ1n) is 12.9. The summed E-state index contributed by atoms with van der Waals surface area (Å²) in [6.45, 7) is 0. The highest BCUT2D eigenvalue weighted by Crippen LogP contribution is 2.34. The van der Waals surface area contributed by atoms with Gasteiger partial charge in [-0.3, -0.25) is 0 Å². The molecule has 2 unspecified atom stereocenters. The van der Waals surface area contributed by atoms with Gasteiger partial charge < -0.3 is 0 Å². The molecule has 7 rings (SSSR count). The Bertz CT molecular complexity index is 2290. The maximum absolute atomic E-state index is 13.3. The third kappa shape index (κ3) is 4.05. The molecule has 0 aromatic heterocycles. The van der Waals surface area contributed by atoms with Crippen LogP contribution in [-0.4, -0.2) is 8.42 Å². The first kappa shape index (κ1) is 25.7. The predicted molar refractivity (Wildman–Crippen MR) is 163 cm³/mol. The zero-order chi connectivity index (χ0) is 28.8. The van der Waals surface area contributed by atoms with Crippen molar-refractivity contribution in [3.05, 3.63) is 120 Å². The molecule has 0 N–H and O–H groups in total. The minimum Gasteiger partial charge on any atom is -0.249 e. The molecule has 0 radical (unpaired) electrons. The quantitative estimate of drug-likeness (QED) is 0.229. The van der Waals surface area contributed by atoms with Gasteiger partial charge in [0.05, 0.1) is 32.3 Å². The molecule has 0 heterocycles. The van der Waals surface area contributed by atoms with Gasteiger partial charge in [-0.25, -0.2) is 8.42 Å². The number of nitrogens with zero attached hydrogens (tertiary/aromatic N) is 4. The summed E-state index contributed by atoms with van der Waals surface area (Å²) in [7, 11) is -2.80. The summed E-state index contributed by atoms with van der Waals surface area (Å²) in [6.07, 6.45) is 3.85. The Morgan fingerprint density at radius 1 is 0.429 bits per heavy atom. The largest absolute Gasteiger partial charge is 0.249 e. The van der Waals surface area contributed by atoms with Crippen LogP contribution >= 0.6 is 0 Å². The monoisotopic (exact) mass is 578 g/mol. The van der Waals surface area contributed by atoms with Gasteiger partial charge in [0, 0.05) is 41.1 Å². The minimum atomic E-state index is -1.40. The van der Waals surface area contributed by atoms with E-state index in [0.717, 1.165) is 43.1 Å². The molecule has 0 saturated heterocycles. The number of fused-ring (bicyclic) bond motifs is 6. The van der Waals surface area contributed by atoms with E-state index in [0.29, 0.717) is 30.3 Å². The molecular weight excluding hydrogens is 561 g/mol. The van der Waals surface area contributed by atoms with Crippen molar-refractivity contribution in [1.29, 1.82) is 10.5 Å². The Kier molecular flexibility index (Phi) is 6.28. The summed E-state index contributed by atoms with van der Waals surface area (Å²) >= 11 is 0. The molecule has 0 spiro atoms. The van der Waals surface area contributed by atoms with Crippen LogP contribution in [0.1, 0.15) is 0 Å². The van der Waals surface area contributed by atoms with Crippen LogP contribution in [0.15, 0.2) is 139 Å². The number of benzene rings is 5. The summed E-state index contributed by atoms with van der Waals surface area (Å²) in [6, 6.07) is 33.6. The topological polar surface area (TPSA) is 106 Å². The summed E-state index contributed by atoms with van der Waals surface area (Å²) in [5.74, 6) is 0. The van der Waals surface area contributed by atoms with E-state index < -0.39 is 21.6 Å². The molecule has 0 aliphatic heterocycles. The van der Waals surface area contributed by atoms with Crippen LogP contribution in [0.3, 0.4) is 0 Å². The third-order valence-corrected chi connectivity index (χ3v) is 10.2. The van der Waals surface area contributed by atoms with Crippen molar-refractivity contribution >= 4 is 64.7 Å². The second-order valence-corrected chi connectivity index (χ2v) is 12.6. The van der Waals surface area contributed by atoms with Gasteiger partial charge in [0.2, 0.25) is 12.4 Å². The number of nitriles is 2. The van der Waals surface area contributed by atoms with E-state index in [2.05, 4.69) is 9.98 Å². The molecule has 0 saturated carbocycles. The zero-order valence-corrected chi connectivity index (χ0v) is 23.4. The van der Waals surface area contributed by atoms with E-state index >= 15 is 0 Å². The predicted octanol–water partition coefficient (Wildman–Crippen LogP) is 6.27. The lowest BCUT2D eigenvalue weighted by atomic mass is 10.1. The summed E-state index contributed by atoms with van der Waals surface area (Å²) in [5, 5.41) is 26.6. The molecule has 2 atom stereocenters. The maximum atomic E-state index is 13.3. The molecule has 7 aromatic rings. The highest BCUT2D eigenvalue weighted by atomic mass is 32.2. The van der Waals surface area contributed by atoms with E-state index in [-0.39, 0.29) is 0 Å². The Morgan fingerprint density at radius 3 is 1.21 bits per heavy atom. The van der Waals surface area contributed by atoms with Gasteiger partial charge in [0.25, 0.3) is 0 Å². The van der Waals surface area contributed by atoms with Gasteiger partial charge in [-0.05, 0) is 82.2 Å². The maximum Gasteiger partial charge on any atom is 0.206 e. The molecule has 7 aromatic carbocycles. The number of hydrogen-bond donors (Lipinski definition) is 0. The van der Waals surface area contributed by atoms with Crippen LogP contribution in [0.2, 0.25) is 0 Å². The van der Waals surface area contributed by atoms with E-state index in [1.807, 2.05) is 122 Å². The molecule has 6 nitrogen and oxygen atoms in total. The van der Waals surface area contributed by atoms with Crippen LogP contribution in [0.4, 0.5) is 0 Å². The Hall–Kier alpha value is -5.28. The van der Waals surface area contributed by atoms with Crippen molar-refractivity contribution in [1.82, 2.24) is 0 Å². The molecule has 0 aliphatic carbocycles. The lowest BCUT2D eigenvalue weighted by molar-refractivity contribution is 0.682. The average molecular weight is 579 g/mol.